The van der Waals surface area contributed by atoms with E-state index < -0.39 is 35.6 Å². The molecule has 0 saturated carbocycles. The number of aliphatic hydroxyl groups is 2. The van der Waals surface area contributed by atoms with E-state index in [1.807, 2.05) is 50.5 Å². The molecule has 0 amide bonds. The monoisotopic (exact) mass is 475 g/mol. The van der Waals surface area contributed by atoms with Crippen molar-refractivity contribution in [3.63, 3.8) is 0 Å². The average molecular weight is 476 g/mol. The predicted molar refractivity (Wildman–Crippen MR) is 132 cm³/mol. The number of allylic oxidation sites excluding steroid dienone is 2. The van der Waals surface area contributed by atoms with Crippen LogP contribution in [0.25, 0.3) is 6.08 Å². The Bertz CT molecular complexity index is 927. The Labute approximate surface area is 201 Å². The van der Waals surface area contributed by atoms with Crippen molar-refractivity contribution in [2.45, 2.75) is 85.5 Å². The van der Waals surface area contributed by atoms with E-state index in [1.165, 1.54) is 0 Å². The van der Waals surface area contributed by atoms with Crippen LogP contribution in [0.15, 0.2) is 34.8 Å². The van der Waals surface area contributed by atoms with Crippen LogP contribution < -0.4 is 0 Å². The molecule has 182 valence electrons. The smallest absolute Gasteiger partial charge is 0.309 e. The van der Waals surface area contributed by atoms with Crippen molar-refractivity contribution in [1.29, 1.82) is 0 Å². The van der Waals surface area contributed by atoms with Crippen LogP contribution in [0.4, 0.5) is 0 Å². The molecule has 1 aromatic heterocycles. The van der Waals surface area contributed by atoms with Gasteiger partial charge in [0.1, 0.15) is 11.9 Å². The molecule has 0 bridgehead atoms. The molecule has 1 unspecified atom stereocenters. The number of hydrogen-bond donors (Lipinski definition) is 2. The highest BCUT2D eigenvalue weighted by Crippen LogP contribution is 2.31. The van der Waals surface area contributed by atoms with E-state index in [0.29, 0.717) is 6.42 Å². The summed E-state index contributed by atoms with van der Waals surface area (Å²) in [6.45, 7) is 10.5. The Balaban J connectivity index is 2.31. The maximum absolute atomic E-state index is 13.1. The lowest BCUT2D eigenvalue weighted by molar-refractivity contribution is -0.153. The number of esters is 1. The van der Waals surface area contributed by atoms with E-state index in [4.69, 9.17) is 4.74 Å². The summed E-state index contributed by atoms with van der Waals surface area (Å²) >= 11 is 1.56. The first-order valence-electron chi connectivity index (χ1n) is 11.4. The predicted octanol–water partition coefficient (Wildman–Crippen LogP) is 4.80. The molecule has 1 aliphatic rings. The van der Waals surface area contributed by atoms with E-state index in [-0.39, 0.29) is 12.2 Å². The molecule has 0 radical (unpaired) electrons. The molecular formula is C26H37NO5S. The molecule has 2 rings (SSSR count). The number of ketones is 1. The number of aromatic nitrogens is 1. The largest absolute Gasteiger partial charge is 0.457 e. The number of ether oxygens (including phenoxy) is 1. The fraction of sp³-hybridized carbons (Fsp3) is 0.577. The van der Waals surface area contributed by atoms with E-state index in [9.17, 15) is 19.8 Å². The highest BCUT2D eigenvalue weighted by Gasteiger charge is 2.41. The van der Waals surface area contributed by atoms with Gasteiger partial charge in [0.25, 0.3) is 0 Å². The fourth-order valence-corrected chi connectivity index (χ4v) is 4.44. The summed E-state index contributed by atoms with van der Waals surface area (Å²) in [6, 6.07) is 0. The van der Waals surface area contributed by atoms with Gasteiger partial charge >= 0.3 is 5.97 Å². The van der Waals surface area contributed by atoms with Crippen molar-refractivity contribution in [3.05, 3.63) is 45.5 Å². The summed E-state index contributed by atoms with van der Waals surface area (Å²) in [5.41, 5.74) is 1.20. The number of aliphatic hydroxyl groups excluding tert-OH is 2. The van der Waals surface area contributed by atoms with Crippen LogP contribution in [0.2, 0.25) is 0 Å². The number of carbonyl (C=O) groups is 2. The number of thiazole rings is 1. The molecule has 33 heavy (non-hydrogen) atoms. The molecule has 0 aliphatic carbocycles. The number of Topliss-reactive ketones (excluding diaryl/α,β-unsaturated/α-hetero) is 1. The third-order valence-electron chi connectivity index (χ3n) is 6.29. The zero-order chi connectivity index (χ0) is 24.8. The van der Waals surface area contributed by atoms with Gasteiger partial charge in [-0.05, 0) is 50.8 Å². The van der Waals surface area contributed by atoms with Gasteiger partial charge in [0.05, 0.1) is 34.7 Å². The van der Waals surface area contributed by atoms with Gasteiger partial charge in [0.2, 0.25) is 0 Å². The molecule has 0 saturated heterocycles. The number of nitrogens with zero attached hydrogens (tertiary/aromatic N) is 1. The molecule has 4 atom stereocenters. The van der Waals surface area contributed by atoms with Crippen molar-refractivity contribution < 1.29 is 24.5 Å². The third kappa shape index (κ3) is 7.45. The van der Waals surface area contributed by atoms with Crippen molar-refractivity contribution in [2.24, 2.45) is 11.3 Å². The number of rotatable bonds is 2. The number of carbonyl (C=O) groups excluding carboxylic acids is 2. The van der Waals surface area contributed by atoms with Crippen LogP contribution in [-0.2, 0) is 14.3 Å². The van der Waals surface area contributed by atoms with Crippen LogP contribution >= 0.6 is 11.3 Å². The first-order valence-corrected chi connectivity index (χ1v) is 12.3. The summed E-state index contributed by atoms with van der Waals surface area (Å²) in [5, 5.41) is 24.3. The molecule has 1 aromatic rings. The molecule has 7 heteroatoms. The van der Waals surface area contributed by atoms with Gasteiger partial charge in [-0.15, -0.1) is 11.3 Å². The topological polar surface area (TPSA) is 96.7 Å². The lowest BCUT2D eigenvalue weighted by Gasteiger charge is -2.33. The number of cyclic esters (lactones) is 1. The Morgan fingerprint density at radius 3 is 2.55 bits per heavy atom. The Hall–Kier alpha value is -2.09. The zero-order valence-electron chi connectivity index (χ0n) is 20.5. The fourth-order valence-electron chi connectivity index (χ4n) is 3.87. The van der Waals surface area contributed by atoms with Gasteiger partial charge in [-0.1, -0.05) is 39.0 Å². The van der Waals surface area contributed by atoms with Crippen LogP contribution in [-0.4, -0.2) is 45.3 Å². The molecule has 0 fully saturated rings. The highest BCUT2D eigenvalue weighted by atomic mass is 32.1. The minimum absolute atomic E-state index is 0.290. The van der Waals surface area contributed by atoms with Gasteiger partial charge in [0, 0.05) is 17.7 Å². The van der Waals surface area contributed by atoms with Crippen LogP contribution in [0.1, 0.15) is 71.0 Å². The molecular weight excluding hydrogens is 438 g/mol. The van der Waals surface area contributed by atoms with Crippen molar-refractivity contribution in [2.75, 3.05) is 0 Å². The van der Waals surface area contributed by atoms with Crippen LogP contribution in [0.3, 0.4) is 0 Å². The van der Waals surface area contributed by atoms with Crippen molar-refractivity contribution >= 4 is 29.2 Å². The molecule has 0 aromatic carbocycles. The zero-order valence-corrected chi connectivity index (χ0v) is 21.3. The average Bonchev–Trinajstić information content (AvgIpc) is 3.16. The van der Waals surface area contributed by atoms with E-state index in [2.05, 4.69) is 4.98 Å². The minimum atomic E-state index is -1.23. The summed E-state index contributed by atoms with van der Waals surface area (Å²) in [5.74, 6) is -1.56. The SMILES string of the molecule is C/C(=C\c1csc(C)n1)C1C/C=C\CC/C=C(\C)[C@H](O)[C@@H](C)C(=O)C(C)(C)[C@@H](O)CC(=O)O1. The highest BCUT2D eigenvalue weighted by molar-refractivity contribution is 7.09. The van der Waals surface area contributed by atoms with Gasteiger partial charge in [-0.3, -0.25) is 9.59 Å². The molecule has 6 nitrogen and oxygen atoms in total. The Kier molecular flexibility index (Phi) is 9.76. The van der Waals surface area contributed by atoms with Crippen LogP contribution in [0.5, 0.6) is 0 Å². The van der Waals surface area contributed by atoms with Gasteiger partial charge < -0.3 is 14.9 Å². The van der Waals surface area contributed by atoms with Gasteiger partial charge in [-0.25, -0.2) is 4.98 Å². The normalized spacial score (nSPS) is 30.9. The maximum atomic E-state index is 13.1. The minimum Gasteiger partial charge on any atom is -0.457 e. The van der Waals surface area contributed by atoms with Crippen molar-refractivity contribution in [3.8, 4) is 0 Å². The Morgan fingerprint density at radius 1 is 1.21 bits per heavy atom. The first-order chi connectivity index (χ1) is 15.4. The second-order valence-corrected chi connectivity index (χ2v) is 10.5. The summed E-state index contributed by atoms with van der Waals surface area (Å²) in [6.07, 6.45) is 6.90. The summed E-state index contributed by atoms with van der Waals surface area (Å²) < 4.78 is 5.74. The lowest BCUT2D eigenvalue weighted by atomic mass is 9.74. The van der Waals surface area contributed by atoms with Crippen molar-refractivity contribution in [1.82, 2.24) is 4.98 Å². The van der Waals surface area contributed by atoms with E-state index in [0.717, 1.165) is 34.7 Å². The van der Waals surface area contributed by atoms with Crippen LogP contribution in [0, 0.1) is 18.3 Å². The summed E-state index contributed by atoms with van der Waals surface area (Å²) in [4.78, 5) is 30.3. The Morgan fingerprint density at radius 2 is 1.91 bits per heavy atom. The second kappa shape index (κ2) is 11.9. The number of aryl methyl sites for hydroxylation is 1. The van der Waals surface area contributed by atoms with Gasteiger partial charge in [-0.2, -0.15) is 0 Å². The standard InChI is InChI=1S/C26H37NO5S/c1-16-11-9-7-8-10-12-21(17(2)13-20-15-33-19(4)27-20)32-23(29)14-22(28)26(5,6)25(31)18(3)24(16)30/h8,10-11,13,15,18,21-22,24,28,30H,7,9,12,14H2,1-6H3/b10-8-,16-11+,17-13+/t18-,21?,22+,24+/m1/s1. The maximum Gasteiger partial charge on any atom is 0.309 e. The first kappa shape index (κ1) is 27.2. The molecule has 1 aliphatic heterocycles. The number of hydrogen-bond acceptors (Lipinski definition) is 7. The molecule has 2 N–H and O–H groups in total. The third-order valence-corrected chi connectivity index (χ3v) is 7.08. The lowest BCUT2D eigenvalue weighted by Crippen LogP contribution is -2.44. The summed E-state index contributed by atoms with van der Waals surface area (Å²) in [7, 11) is 0. The quantitative estimate of drug-likeness (QED) is 0.471. The molecule has 0 spiro atoms. The second-order valence-electron chi connectivity index (χ2n) is 9.43. The van der Waals surface area contributed by atoms with Gasteiger partial charge in [0.15, 0.2) is 0 Å². The van der Waals surface area contributed by atoms with E-state index >= 15 is 0 Å². The van der Waals surface area contributed by atoms with E-state index in [1.54, 1.807) is 32.1 Å². The molecule has 2 heterocycles.